The van der Waals surface area contributed by atoms with Crippen LogP contribution in [0.1, 0.15) is 16.7 Å². The van der Waals surface area contributed by atoms with E-state index in [4.69, 9.17) is 12.2 Å². The highest BCUT2D eigenvalue weighted by molar-refractivity contribution is 7.80. The lowest BCUT2D eigenvalue weighted by atomic mass is 10.1. The Morgan fingerprint density at radius 1 is 1.17 bits per heavy atom. The highest BCUT2D eigenvalue weighted by atomic mass is 32.1. The SMILES string of the molecule is Cc1ccccc1CC(=O)NC(=S)Nc1ccc(C)c([N+](=O)[O-])c1. The molecule has 0 atom stereocenters. The first kappa shape index (κ1) is 17.6. The van der Waals surface area contributed by atoms with Crippen LogP contribution >= 0.6 is 12.2 Å². The number of nitro groups is 1. The van der Waals surface area contributed by atoms with E-state index in [1.807, 2.05) is 31.2 Å². The van der Waals surface area contributed by atoms with Gasteiger partial charge in [0.05, 0.1) is 11.3 Å². The summed E-state index contributed by atoms with van der Waals surface area (Å²) in [5.41, 5.74) is 2.95. The average molecular weight is 343 g/mol. The number of carbonyl (C=O) groups is 1. The van der Waals surface area contributed by atoms with E-state index < -0.39 is 4.92 Å². The zero-order valence-corrected chi connectivity index (χ0v) is 14.1. The summed E-state index contributed by atoms with van der Waals surface area (Å²) in [4.78, 5) is 22.5. The van der Waals surface area contributed by atoms with Crippen molar-refractivity contribution < 1.29 is 9.72 Å². The maximum Gasteiger partial charge on any atom is 0.274 e. The highest BCUT2D eigenvalue weighted by Crippen LogP contribution is 2.22. The largest absolute Gasteiger partial charge is 0.332 e. The zero-order chi connectivity index (χ0) is 17.7. The summed E-state index contributed by atoms with van der Waals surface area (Å²) >= 11 is 5.09. The summed E-state index contributed by atoms with van der Waals surface area (Å²) in [6.07, 6.45) is 0.211. The van der Waals surface area contributed by atoms with Crippen LogP contribution in [0.2, 0.25) is 0 Å². The molecule has 0 spiro atoms. The standard InChI is InChI=1S/C17H17N3O3S/c1-11-5-3-4-6-13(11)9-16(21)19-17(24)18-14-8-7-12(2)15(10-14)20(22)23/h3-8,10H,9H2,1-2H3,(H2,18,19,21,24). The predicted molar refractivity (Wildman–Crippen MR) is 97.1 cm³/mol. The van der Waals surface area contributed by atoms with Crippen LogP contribution in [0.25, 0.3) is 0 Å². The summed E-state index contributed by atoms with van der Waals surface area (Å²) in [5, 5.41) is 16.4. The number of nitrogens with zero attached hydrogens (tertiary/aromatic N) is 1. The molecule has 0 heterocycles. The van der Waals surface area contributed by atoms with Crippen LogP contribution in [0.5, 0.6) is 0 Å². The van der Waals surface area contributed by atoms with Gasteiger partial charge in [0.25, 0.3) is 5.69 Å². The first-order valence-corrected chi connectivity index (χ1v) is 7.68. The number of amides is 1. The van der Waals surface area contributed by atoms with Crippen LogP contribution < -0.4 is 10.6 Å². The Morgan fingerprint density at radius 2 is 1.88 bits per heavy atom. The first-order chi connectivity index (χ1) is 11.4. The molecule has 24 heavy (non-hydrogen) atoms. The third kappa shape index (κ3) is 4.60. The average Bonchev–Trinajstić information content (AvgIpc) is 2.51. The van der Waals surface area contributed by atoms with Crippen molar-refractivity contribution in [2.75, 3.05) is 5.32 Å². The summed E-state index contributed by atoms with van der Waals surface area (Å²) in [5.74, 6) is -0.247. The Hall–Kier alpha value is -2.80. The molecule has 2 aromatic carbocycles. The fourth-order valence-electron chi connectivity index (χ4n) is 2.20. The number of hydrogen-bond donors (Lipinski definition) is 2. The lowest BCUT2D eigenvalue weighted by Gasteiger charge is -2.11. The smallest absolute Gasteiger partial charge is 0.274 e. The number of rotatable bonds is 4. The number of carbonyl (C=O) groups excluding carboxylic acids is 1. The fourth-order valence-corrected chi connectivity index (χ4v) is 2.43. The maximum absolute atomic E-state index is 12.0. The van der Waals surface area contributed by atoms with Gasteiger partial charge in [-0.1, -0.05) is 30.3 Å². The van der Waals surface area contributed by atoms with Crippen molar-refractivity contribution in [3.63, 3.8) is 0 Å². The van der Waals surface area contributed by atoms with Gasteiger partial charge in [-0.25, -0.2) is 0 Å². The number of nitro benzene ring substituents is 1. The Morgan fingerprint density at radius 3 is 2.54 bits per heavy atom. The Balaban J connectivity index is 1.98. The predicted octanol–water partition coefficient (Wildman–Crippen LogP) is 3.27. The molecule has 6 nitrogen and oxygen atoms in total. The minimum atomic E-state index is -0.458. The number of aryl methyl sites for hydroxylation is 2. The van der Waals surface area contributed by atoms with E-state index in [0.29, 0.717) is 11.3 Å². The van der Waals surface area contributed by atoms with Crippen LogP contribution in [0, 0.1) is 24.0 Å². The fraction of sp³-hybridized carbons (Fsp3) is 0.176. The van der Waals surface area contributed by atoms with Gasteiger partial charge < -0.3 is 10.6 Å². The van der Waals surface area contributed by atoms with E-state index in [2.05, 4.69) is 10.6 Å². The second-order valence-corrected chi connectivity index (χ2v) is 5.77. The number of benzene rings is 2. The van der Waals surface area contributed by atoms with E-state index in [0.717, 1.165) is 11.1 Å². The molecule has 2 rings (SSSR count). The molecule has 1 amide bonds. The van der Waals surface area contributed by atoms with E-state index in [1.54, 1.807) is 19.1 Å². The maximum atomic E-state index is 12.0. The van der Waals surface area contributed by atoms with Crippen LogP contribution in [-0.4, -0.2) is 15.9 Å². The quantitative estimate of drug-likeness (QED) is 0.506. The van der Waals surface area contributed by atoms with Gasteiger partial charge in [0.2, 0.25) is 5.91 Å². The molecular weight excluding hydrogens is 326 g/mol. The van der Waals surface area contributed by atoms with Crippen molar-refractivity contribution in [3.8, 4) is 0 Å². The zero-order valence-electron chi connectivity index (χ0n) is 13.3. The van der Waals surface area contributed by atoms with Gasteiger partial charge in [0.15, 0.2) is 5.11 Å². The van der Waals surface area contributed by atoms with Gasteiger partial charge in [-0.2, -0.15) is 0 Å². The third-order valence-corrected chi connectivity index (χ3v) is 3.73. The molecular formula is C17H17N3O3S. The first-order valence-electron chi connectivity index (χ1n) is 7.27. The molecule has 0 saturated heterocycles. The van der Waals surface area contributed by atoms with E-state index in [9.17, 15) is 14.9 Å². The highest BCUT2D eigenvalue weighted by Gasteiger charge is 2.12. The lowest BCUT2D eigenvalue weighted by molar-refractivity contribution is -0.385. The number of anilines is 1. The van der Waals surface area contributed by atoms with E-state index in [1.165, 1.54) is 6.07 Å². The summed E-state index contributed by atoms with van der Waals surface area (Å²) in [6, 6.07) is 12.3. The van der Waals surface area contributed by atoms with Crippen molar-refractivity contribution in [1.29, 1.82) is 0 Å². The van der Waals surface area contributed by atoms with Crippen molar-refractivity contribution in [3.05, 3.63) is 69.3 Å². The molecule has 0 saturated carbocycles. The monoisotopic (exact) mass is 343 g/mol. The molecule has 7 heteroatoms. The molecule has 0 fully saturated rings. The number of hydrogen-bond acceptors (Lipinski definition) is 4. The van der Waals surface area contributed by atoms with Crippen LogP contribution in [0.15, 0.2) is 42.5 Å². The topological polar surface area (TPSA) is 84.3 Å². The summed E-state index contributed by atoms with van der Waals surface area (Å²) in [6.45, 7) is 3.59. The van der Waals surface area contributed by atoms with Crippen molar-refractivity contribution >= 4 is 34.6 Å². The van der Waals surface area contributed by atoms with Crippen LogP contribution in [0.4, 0.5) is 11.4 Å². The Labute approximate surface area is 145 Å². The van der Waals surface area contributed by atoms with E-state index in [-0.39, 0.29) is 23.1 Å². The van der Waals surface area contributed by atoms with Gasteiger partial charge in [-0.3, -0.25) is 14.9 Å². The van der Waals surface area contributed by atoms with Crippen molar-refractivity contribution in [1.82, 2.24) is 5.32 Å². The number of thiocarbonyl (C=S) groups is 1. The Bertz CT molecular complexity index is 805. The van der Waals surface area contributed by atoms with Gasteiger partial charge in [0.1, 0.15) is 0 Å². The lowest BCUT2D eigenvalue weighted by Crippen LogP contribution is -2.35. The third-order valence-electron chi connectivity index (χ3n) is 3.53. The van der Waals surface area contributed by atoms with Crippen molar-refractivity contribution in [2.24, 2.45) is 0 Å². The minimum Gasteiger partial charge on any atom is -0.332 e. The van der Waals surface area contributed by atoms with Crippen LogP contribution in [-0.2, 0) is 11.2 Å². The molecule has 0 unspecified atom stereocenters. The molecule has 0 aliphatic heterocycles. The minimum absolute atomic E-state index is 0.00552. The molecule has 124 valence electrons. The molecule has 0 aliphatic rings. The van der Waals surface area contributed by atoms with Gasteiger partial charge >= 0.3 is 0 Å². The van der Waals surface area contributed by atoms with Gasteiger partial charge in [0, 0.05) is 17.3 Å². The Kier molecular flexibility index (Phi) is 5.59. The van der Waals surface area contributed by atoms with Crippen molar-refractivity contribution in [2.45, 2.75) is 20.3 Å². The molecule has 0 radical (unpaired) electrons. The van der Waals surface area contributed by atoms with Crippen LogP contribution in [0.3, 0.4) is 0 Å². The molecule has 0 bridgehead atoms. The molecule has 2 N–H and O–H groups in total. The second-order valence-electron chi connectivity index (χ2n) is 5.36. The van der Waals surface area contributed by atoms with Gasteiger partial charge in [-0.15, -0.1) is 0 Å². The molecule has 0 aromatic heterocycles. The summed E-state index contributed by atoms with van der Waals surface area (Å²) < 4.78 is 0. The summed E-state index contributed by atoms with van der Waals surface area (Å²) in [7, 11) is 0. The second kappa shape index (κ2) is 7.65. The van der Waals surface area contributed by atoms with E-state index >= 15 is 0 Å². The number of nitrogens with one attached hydrogen (secondary N) is 2. The van der Waals surface area contributed by atoms with Gasteiger partial charge in [-0.05, 0) is 43.3 Å². The normalized spacial score (nSPS) is 10.1. The molecule has 0 aliphatic carbocycles. The molecule has 2 aromatic rings.